The number of nitrogens with one attached hydrogen (secondary N) is 1. The Labute approximate surface area is 277 Å². The molecule has 0 saturated carbocycles. The number of para-hydroxylation sites is 1. The molecule has 0 spiro atoms. The molecule has 8 heteroatoms. The highest BCUT2D eigenvalue weighted by molar-refractivity contribution is 9.09. The first-order chi connectivity index (χ1) is 21.3. The van der Waals surface area contributed by atoms with Gasteiger partial charge in [0.1, 0.15) is 0 Å². The van der Waals surface area contributed by atoms with Gasteiger partial charge in [-0.3, -0.25) is 10.2 Å². The van der Waals surface area contributed by atoms with E-state index in [-0.39, 0.29) is 28.8 Å². The maximum Gasteiger partial charge on any atom is 0.329 e. The molecule has 0 fully saturated rings. The van der Waals surface area contributed by atoms with Gasteiger partial charge in [-0.2, -0.15) is 4.80 Å². The van der Waals surface area contributed by atoms with E-state index in [0.717, 1.165) is 31.5 Å². The number of anilines is 2. The summed E-state index contributed by atoms with van der Waals surface area (Å²) in [5.41, 5.74) is 3.35. The number of hydrogen-bond acceptors (Lipinski definition) is 4. The van der Waals surface area contributed by atoms with E-state index in [1.54, 1.807) is 4.80 Å². The summed E-state index contributed by atoms with van der Waals surface area (Å²) in [4.78, 5) is 17.4. The molecule has 1 unspecified atom stereocenters. The first-order valence-corrected chi connectivity index (χ1v) is 18.9. The third-order valence-electron chi connectivity index (χ3n) is 8.51. The Balaban J connectivity index is 2.06. The lowest BCUT2D eigenvalue weighted by atomic mass is 9.91. The van der Waals surface area contributed by atoms with Gasteiger partial charge < -0.3 is 0 Å². The number of nitrogens with zero attached hydrogens (tertiary/aromatic N) is 5. The van der Waals surface area contributed by atoms with Gasteiger partial charge in [0.2, 0.25) is 0 Å². The summed E-state index contributed by atoms with van der Waals surface area (Å²) in [6.07, 6.45) is 22.4. The monoisotopic (exact) mass is 674 g/mol. The SMILES string of the molecule is CCCCCCCCCCCn1nnc(NC(=O)N(c2c(C(C)C)cccc2C(C)C)C(Br)CCCCCCCCCC)n1. The van der Waals surface area contributed by atoms with Gasteiger partial charge in [0.05, 0.1) is 17.2 Å². The highest BCUT2D eigenvalue weighted by Crippen LogP contribution is 2.38. The van der Waals surface area contributed by atoms with Gasteiger partial charge in [-0.1, -0.05) is 184 Å². The van der Waals surface area contributed by atoms with Crippen molar-refractivity contribution in [3.63, 3.8) is 0 Å². The first-order valence-electron chi connectivity index (χ1n) is 17.9. The third-order valence-corrected chi connectivity index (χ3v) is 9.38. The van der Waals surface area contributed by atoms with E-state index in [1.807, 2.05) is 4.90 Å². The average Bonchev–Trinajstić information content (AvgIpc) is 3.44. The molecule has 0 radical (unpaired) electrons. The van der Waals surface area contributed by atoms with Gasteiger partial charge in [0, 0.05) is 0 Å². The molecule has 0 bridgehead atoms. The molecule has 2 rings (SSSR count). The lowest BCUT2D eigenvalue weighted by Gasteiger charge is -2.33. The summed E-state index contributed by atoms with van der Waals surface area (Å²) in [7, 11) is 0. The maximum absolute atomic E-state index is 14.0. The number of carbonyl (C=O) groups excluding carboxylic acids is 1. The largest absolute Gasteiger partial charge is 0.329 e. The third kappa shape index (κ3) is 14.0. The topological polar surface area (TPSA) is 75.9 Å². The lowest BCUT2D eigenvalue weighted by molar-refractivity contribution is 0.256. The summed E-state index contributed by atoms with van der Waals surface area (Å²) < 4.78 is 0. The fraction of sp³-hybridized carbons (Fsp3) is 0.778. The van der Waals surface area contributed by atoms with Crippen molar-refractivity contribution in [2.75, 3.05) is 10.2 Å². The van der Waals surface area contributed by atoms with E-state index < -0.39 is 0 Å². The van der Waals surface area contributed by atoms with E-state index in [9.17, 15) is 4.79 Å². The minimum Gasteiger partial charge on any atom is -0.280 e. The van der Waals surface area contributed by atoms with Crippen molar-refractivity contribution < 1.29 is 4.79 Å². The molecule has 7 nitrogen and oxygen atoms in total. The zero-order valence-corrected chi connectivity index (χ0v) is 30.5. The molecule has 0 aliphatic heterocycles. The molecule has 44 heavy (non-hydrogen) atoms. The molecule has 250 valence electrons. The molecule has 2 aromatic rings. The number of amides is 2. The van der Waals surface area contributed by atoms with Crippen LogP contribution in [-0.4, -0.2) is 31.2 Å². The smallest absolute Gasteiger partial charge is 0.280 e. The lowest BCUT2D eigenvalue weighted by Crippen LogP contribution is -2.42. The van der Waals surface area contributed by atoms with Gasteiger partial charge in [0.15, 0.2) is 0 Å². The van der Waals surface area contributed by atoms with E-state index in [4.69, 9.17) is 0 Å². The maximum atomic E-state index is 14.0. The minimum absolute atomic E-state index is 0.142. The van der Waals surface area contributed by atoms with Crippen LogP contribution in [0, 0.1) is 0 Å². The van der Waals surface area contributed by atoms with Crippen LogP contribution in [0.15, 0.2) is 18.2 Å². The van der Waals surface area contributed by atoms with Gasteiger partial charge in [0.25, 0.3) is 5.95 Å². The second kappa shape index (κ2) is 22.5. The summed E-state index contributed by atoms with van der Waals surface area (Å²) >= 11 is 3.95. The number of rotatable bonds is 24. The highest BCUT2D eigenvalue weighted by Gasteiger charge is 2.30. The summed E-state index contributed by atoms with van der Waals surface area (Å²) in [6, 6.07) is 6.21. The van der Waals surface area contributed by atoms with Gasteiger partial charge in [-0.05, 0) is 41.0 Å². The van der Waals surface area contributed by atoms with Crippen LogP contribution in [0.3, 0.4) is 0 Å². The van der Waals surface area contributed by atoms with Crippen molar-refractivity contribution in [3.05, 3.63) is 29.3 Å². The molecular formula is C36H63BrN6O. The molecule has 2 amide bonds. The van der Waals surface area contributed by atoms with Crippen molar-refractivity contribution >= 4 is 33.6 Å². The zero-order valence-electron chi connectivity index (χ0n) is 28.9. The number of hydrogen-bond donors (Lipinski definition) is 1. The predicted octanol–water partition coefficient (Wildman–Crippen LogP) is 11.7. The molecule has 0 aliphatic carbocycles. The predicted molar refractivity (Wildman–Crippen MR) is 191 cm³/mol. The standard InChI is InChI=1S/C36H63BrN6O/c1-7-9-11-13-15-17-19-21-23-28-42-40-35(39-41-42)38-36(44)43(33(37)27-22-20-18-16-14-12-10-8-2)34-31(29(3)4)25-24-26-32(34)30(5)6/h24-26,29-30,33H,7-23,27-28H2,1-6H3,(H,38,40,44). The van der Waals surface area contributed by atoms with E-state index in [1.165, 1.54) is 107 Å². The molecule has 1 aromatic heterocycles. The number of carbonyl (C=O) groups is 1. The Kier molecular flexibility index (Phi) is 19.6. The molecule has 0 saturated heterocycles. The Morgan fingerprint density at radius 2 is 1.25 bits per heavy atom. The molecule has 1 aromatic carbocycles. The Morgan fingerprint density at radius 1 is 0.773 bits per heavy atom. The van der Waals surface area contributed by atoms with Crippen molar-refractivity contribution in [1.82, 2.24) is 20.2 Å². The fourth-order valence-corrected chi connectivity index (χ4v) is 6.56. The van der Waals surface area contributed by atoms with Crippen LogP contribution in [0.4, 0.5) is 16.4 Å². The van der Waals surface area contributed by atoms with E-state index in [0.29, 0.717) is 0 Å². The van der Waals surface area contributed by atoms with Gasteiger partial charge >= 0.3 is 6.03 Å². The van der Waals surface area contributed by atoms with Crippen LogP contribution in [0.1, 0.15) is 180 Å². The number of benzene rings is 1. The normalized spacial score (nSPS) is 12.3. The summed E-state index contributed by atoms with van der Waals surface area (Å²) in [6.45, 7) is 14.0. The Morgan fingerprint density at radius 3 is 1.75 bits per heavy atom. The summed E-state index contributed by atoms with van der Waals surface area (Å²) in [5, 5.41) is 15.9. The number of halogens is 1. The van der Waals surface area contributed by atoms with Crippen LogP contribution in [0.5, 0.6) is 0 Å². The van der Waals surface area contributed by atoms with Crippen molar-refractivity contribution in [2.24, 2.45) is 0 Å². The fourth-order valence-electron chi connectivity index (χ4n) is 5.84. The quantitative estimate of drug-likeness (QED) is 0.0682. The number of aromatic nitrogens is 4. The van der Waals surface area contributed by atoms with Crippen molar-refractivity contribution in [3.8, 4) is 0 Å². The van der Waals surface area contributed by atoms with Crippen LogP contribution in [0.2, 0.25) is 0 Å². The molecule has 1 heterocycles. The first kappa shape index (κ1) is 38.2. The van der Waals surface area contributed by atoms with Crippen LogP contribution >= 0.6 is 15.9 Å². The number of alkyl halides is 1. The molecule has 1 N–H and O–H groups in total. The molecule has 1 atom stereocenters. The highest BCUT2D eigenvalue weighted by atomic mass is 79.9. The second-order valence-electron chi connectivity index (χ2n) is 13.1. The summed E-state index contributed by atoms with van der Waals surface area (Å²) in [5.74, 6) is 0.810. The number of tetrazole rings is 1. The minimum atomic E-state index is -0.218. The second-order valence-corrected chi connectivity index (χ2v) is 14.2. The van der Waals surface area contributed by atoms with Crippen LogP contribution in [-0.2, 0) is 6.54 Å². The van der Waals surface area contributed by atoms with Crippen LogP contribution in [0.25, 0.3) is 0 Å². The average molecular weight is 676 g/mol. The molecular weight excluding hydrogens is 612 g/mol. The van der Waals surface area contributed by atoms with Crippen molar-refractivity contribution in [1.29, 1.82) is 0 Å². The number of unbranched alkanes of at least 4 members (excludes halogenated alkanes) is 15. The Hall–Kier alpha value is -1.96. The number of urea groups is 1. The van der Waals surface area contributed by atoms with Gasteiger partial charge in [-0.15, -0.1) is 5.10 Å². The Bertz CT molecular complexity index is 1010. The van der Waals surface area contributed by atoms with Gasteiger partial charge in [-0.25, -0.2) is 4.79 Å². The molecule has 0 aliphatic rings. The number of aryl methyl sites for hydroxylation is 1. The van der Waals surface area contributed by atoms with E-state index >= 15 is 0 Å². The van der Waals surface area contributed by atoms with E-state index in [2.05, 4.69) is 96.4 Å². The zero-order chi connectivity index (χ0) is 32.2. The van der Waals surface area contributed by atoms with Crippen LogP contribution < -0.4 is 10.2 Å². The van der Waals surface area contributed by atoms with Crippen molar-refractivity contribution in [2.45, 2.75) is 180 Å².